The number of halogens is 4. The first-order chi connectivity index (χ1) is 18.5. The van der Waals surface area contributed by atoms with Gasteiger partial charge in [-0.2, -0.15) is 23.4 Å². The maximum Gasteiger partial charge on any atom is 0.419 e. The van der Waals surface area contributed by atoms with E-state index in [0.29, 0.717) is 44.3 Å². The van der Waals surface area contributed by atoms with Gasteiger partial charge in [0.15, 0.2) is 0 Å². The molecule has 0 bridgehead atoms. The summed E-state index contributed by atoms with van der Waals surface area (Å²) in [6.07, 6.45) is 0.443. The van der Waals surface area contributed by atoms with Gasteiger partial charge in [0.25, 0.3) is 11.8 Å². The van der Waals surface area contributed by atoms with Gasteiger partial charge in [-0.05, 0) is 50.2 Å². The van der Waals surface area contributed by atoms with Crippen LogP contribution in [-0.2, 0) is 17.5 Å². The van der Waals surface area contributed by atoms with Crippen LogP contribution in [0.15, 0.2) is 30.6 Å². The second-order valence-corrected chi connectivity index (χ2v) is 9.22. The SMILES string of the molecule is CC#CC(=O)N1CCCC(n2nc(-c3cnn(Cc4cccc(F)c4C(F)(F)F)c3)c(C(N)=O)c2N)CCC1. The Morgan fingerprint density at radius 1 is 1.18 bits per heavy atom. The Kier molecular flexibility index (Phi) is 7.94. The number of nitrogen functional groups attached to an aromatic ring is 1. The Balaban J connectivity index is 1.60. The largest absolute Gasteiger partial charge is 0.419 e. The number of hydrogen-bond acceptors (Lipinski definition) is 5. The van der Waals surface area contributed by atoms with E-state index in [1.165, 1.54) is 29.2 Å². The van der Waals surface area contributed by atoms with Crippen LogP contribution in [0.25, 0.3) is 11.3 Å². The van der Waals surface area contributed by atoms with Crippen molar-refractivity contribution in [1.82, 2.24) is 24.5 Å². The molecule has 0 unspecified atom stereocenters. The van der Waals surface area contributed by atoms with Crippen LogP contribution in [0.5, 0.6) is 0 Å². The Morgan fingerprint density at radius 2 is 1.87 bits per heavy atom. The molecule has 1 aliphatic heterocycles. The highest BCUT2D eigenvalue weighted by Gasteiger charge is 2.37. The van der Waals surface area contributed by atoms with Crippen LogP contribution in [-0.4, -0.2) is 49.4 Å². The molecule has 4 N–H and O–H groups in total. The summed E-state index contributed by atoms with van der Waals surface area (Å²) in [6, 6.07) is 2.95. The maximum absolute atomic E-state index is 14.0. The minimum Gasteiger partial charge on any atom is -0.383 e. The minimum atomic E-state index is -4.88. The quantitative estimate of drug-likeness (QED) is 0.375. The number of hydrogen-bond donors (Lipinski definition) is 2. The molecule has 2 aromatic heterocycles. The van der Waals surface area contributed by atoms with E-state index in [1.54, 1.807) is 16.5 Å². The Morgan fingerprint density at radius 3 is 2.49 bits per heavy atom. The average Bonchev–Trinajstić information content (AvgIpc) is 3.42. The summed E-state index contributed by atoms with van der Waals surface area (Å²) in [5.41, 5.74) is 10.7. The number of nitrogens with two attached hydrogens (primary N) is 2. The van der Waals surface area contributed by atoms with E-state index in [4.69, 9.17) is 11.5 Å². The van der Waals surface area contributed by atoms with Gasteiger partial charge in [0, 0.05) is 24.8 Å². The Labute approximate surface area is 221 Å². The van der Waals surface area contributed by atoms with Gasteiger partial charge in [-0.1, -0.05) is 18.1 Å². The molecule has 3 aromatic rings. The molecule has 2 amide bonds. The van der Waals surface area contributed by atoms with Gasteiger partial charge in [0.1, 0.15) is 22.9 Å². The second-order valence-electron chi connectivity index (χ2n) is 9.22. The lowest BCUT2D eigenvalue weighted by Crippen LogP contribution is -2.34. The molecule has 1 aliphatic rings. The fraction of sp³-hybridized carbons (Fsp3) is 0.385. The minimum absolute atomic E-state index is 0.0200. The number of nitrogens with zero attached hydrogens (tertiary/aromatic N) is 5. The van der Waals surface area contributed by atoms with Gasteiger partial charge >= 0.3 is 6.18 Å². The fourth-order valence-corrected chi connectivity index (χ4v) is 4.86. The molecule has 206 valence electrons. The molecule has 0 saturated carbocycles. The van der Waals surface area contributed by atoms with Crippen molar-refractivity contribution in [3.63, 3.8) is 0 Å². The highest BCUT2D eigenvalue weighted by molar-refractivity contribution is 6.03. The smallest absolute Gasteiger partial charge is 0.383 e. The molecule has 39 heavy (non-hydrogen) atoms. The van der Waals surface area contributed by atoms with Crippen molar-refractivity contribution in [2.45, 2.75) is 51.4 Å². The van der Waals surface area contributed by atoms with Crippen LogP contribution in [0.1, 0.15) is 60.1 Å². The summed E-state index contributed by atoms with van der Waals surface area (Å²) in [5, 5.41) is 8.66. The molecule has 1 aromatic carbocycles. The third-order valence-corrected chi connectivity index (χ3v) is 6.61. The van der Waals surface area contributed by atoms with Gasteiger partial charge < -0.3 is 16.4 Å². The Hall–Kier alpha value is -4.34. The highest BCUT2D eigenvalue weighted by Crippen LogP contribution is 2.35. The molecule has 1 saturated heterocycles. The zero-order chi connectivity index (χ0) is 28.3. The van der Waals surface area contributed by atoms with Crippen molar-refractivity contribution < 1.29 is 27.2 Å². The number of benzene rings is 1. The van der Waals surface area contributed by atoms with Gasteiger partial charge in [0.2, 0.25) is 0 Å². The van der Waals surface area contributed by atoms with E-state index in [1.807, 2.05) is 0 Å². The van der Waals surface area contributed by atoms with Crippen molar-refractivity contribution in [2.24, 2.45) is 5.73 Å². The topological polar surface area (TPSA) is 125 Å². The van der Waals surface area contributed by atoms with E-state index in [0.717, 1.165) is 6.07 Å². The van der Waals surface area contributed by atoms with E-state index in [-0.39, 0.29) is 41.1 Å². The van der Waals surface area contributed by atoms with Crippen molar-refractivity contribution in [1.29, 1.82) is 0 Å². The summed E-state index contributed by atoms with van der Waals surface area (Å²) in [7, 11) is 0. The number of alkyl halides is 3. The molecule has 9 nitrogen and oxygen atoms in total. The van der Waals surface area contributed by atoms with E-state index >= 15 is 0 Å². The Bertz CT molecular complexity index is 1440. The first-order valence-electron chi connectivity index (χ1n) is 12.3. The summed E-state index contributed by atoms with van der Waals surface area (Å²) < 4.78 is 57.0. The number of anilines is 1. The summed E-state index contributed by atoms with van der Waals surface area (Å²) in [4.78, 5) is 26.2. The van der Waals surface area contributed by atoms with Gasteiger partial charge in [-0.15, -0.1) is 0 Å². The molecule has 0 aliphatic carbocycles. The number of aromatic nitrogens is 4. The lowest BCUT2D eigenvalue weighted by molar-refractivity contribution is -0.140. The van der Waals surface area contributed by atoms with Gasteiger partial charge in [-0.25, -0.2) is 9.07 Å². The van der Waals surface area contributed by atoms with Crippen molar-refractivity contribution >= 4 is 17.6 Å². The molecule has 4 rings (SSSR count). The molecule has 0 atom stereocenters. The fourth-order valence-electron chi connectivity index (χ4n) is 4.86. The third-order valence-electron chi connectivity index (χ3n) is 6.61. The van der Waals surface area contributed by atoms with Crippen LogP contribution in [0.3, 0.4) is 0 Å². The van der Waals surface area contributed by atoms with Crippen LogP contribution >= 0.6 is 0 Å². The van der Waals surface area contributed by atoms with Gasteiger partial charge in [0.05, 0.1) is 24.3 Å². The van der Waals surface area contributed by atoms with E-state index in [9.17, 15) is 27.2 Å². The molecule has 13 heteroatoms. The summed E-state index contributed by atoms with van der Waals surface area (Å²) in [5.74, 6) is 2.84. The molecule has 0 radical (unpaired) electrons. The summed E-state index contributed by atoms with van der Waals surface area (Å²) in [6.45, 7) is 2.28. The maximum atomic E-state index is 14.0. The van der Waals surface area contributed by atoms with Crippen molar-refractivity contribution in [2.75, 3.05) is 18.8 Å². The third kappa shape index (κ3) is 5.89. The predicted molar refractivity (Wildman–Crippen MR) is 134 cm³/mol. The zero-order valence-corrected chi connectivity index (χ0v) is 21.1. The van der Waals surface area contributed by atoms with E-state index < -0.39 is 23.5 Å². The van der Waals surface area contributed by atoms with Crippen molar-refractivity contribution in [3.8, 4) is 23.1 Å². The monoisotopic (exact) mass is 545 g/mol. The standard InChI is InChI=1S/C26H27F4N7O2/c1-2-6-20(38)35-11-4-8-18(9-5-12-35)37-24(31)21(25(32)39)23(34-37)17-13-33-36(15-17)14-16-7-3-10-19(27)22(16)26(28,29)30/h3,7,10,13,15,18H,4-5,8-9,11-12,14,31H2,1H3,(H2,32,39). The van der Waals surface area contributed by atoms with Crippen molar-refractivity contribution in [3.05, 3.63) is 53.1 Å². The number of amides is 2. The van der Waals surface area contributed by atoms with Crippen LogP contribution < -0.4 is 11.5 Å². The average molecular weight is 546 g/mol. The molecular formula is C26H27F4N7O2. The van der Waals surface area contributed by atoms with E-state index in [2.05, 4.69) is 22.0 Å². The second kappa shape index (κ2) is 11.2. The number of rotatable bonds is 5. The van der Waals surface area contributed by atoms with Crippen LogP contribution in [0.4, 0.5) is 23.4 Å². The lowest BCUT2D eigenvalue weighted by Gasteiger charge is -2.27. The van der Waals surface area contributed by atoms with Crippen LogP contribution in [0.2, 0.25) is 0 Å². The molecular weight excluding hydrogens is 518 g/mol. The number of primary amides is 1. The first-order valence-corrected chi connectivity index (χ1v) is 12.3. The molecule has 3 heterocycles. The zero-order valence-electron chi connectivity index (χ0n) is 21.1. The highest BCUT2D eigenvalue weighted by atomic mass is 19.4. The first kappa shape index (κ1) is 27.7. The van der Waals surface area contributed by atoms with Crippen LogP contribution in [0, 0.1) is 17.7 Å². The summed E-state index contributed by atoms with van der Waals surface area (Å²) >= 11 is 0. The number of likely N-dealkylation sites (tertiary alicyclic amines) is 1. The normalized spacial score (nSPS) is 14.8. The predicted octanol–water partition coefficient (Wildman–Crippen LogP) is 3.60. The molecule has 1 fully saturated rings. The van der Waals surface area contributed by atoms with Gasteiger partial charge in [-0.3, -0.25) is 14.3 Å². The lowest BCUT2D eigenvalue weighted by atomic mass is 10.0. The molecule has 0 spiro atoms. The number of carbonyl (C=O) groups is 2. The number of carbonyl (C=O) groups excluding carboxylic acids is 2.